The van der Waals surface area contributed by atoms with Gasteiger partial charge in [-0.1, -0.05) is 90.9 Å². The monoisotopic (exact) mass is 506 g/mol. The van der Waals surface area contributed by atoms with Gasteiger partial charge in [-0.2, -0.15) is 0 Å². The fourth-order valence-electron chi connectivity index (χ4n) is 5.62. The quantitative estimate of drug-likeness (QED) is 0.217. The van der Waals surface area contributed by atoms with Gasteiger partial charge < -0.3 is 4.42 Å². The number of nitrogens with zero attached hydrogens (tertiary/aromatic N) is 1. The number of furan rings is 1. The van der Waals surface area contributed by atoms with Crippen molar-refractivity contribution in [1.29, 1.82) is 0 Å². The van der Waals surface area contributed by atoms with E-state index < -0.39 is 11.8 Å². The molecule has 0 aliphatic heterocycles. The van der Waals surface area contributed by atoms with Gasteiger partial charge in [-0.25, -0.2) is 4.57 Å². The van der Waals surface area contributed by atoms with E-state index in [-0.39, 0.29) is 11.8 Å². The van der Waals surface area contributed by atoms with E-state index in [4.69, 9.17) is 7.16 Å². The molecule has 5 aromatic rings. The molecule has 2 heterocycles. The van der Waals surface area contributed by atoms with Crippen molar-refractivity contribution < 1.29 is 11.7 Å². The van der Waals surface area contributed by atoms with Crippen LogP contribution in [0.25, 0.3) is 44.3 Å². The van der Waals surface area contributed by atoms with Crippen molar-refractivity contribution in [2.75, 3.05) is 0 Å². The Hall–Kier alpha value is -3.39. The highest BCUT2D eigenvalue weighted by atomic mass is 16.3. The Morgan fingerprint density at radius 3 is 2.13 bits per heavy atom. The average Bonchev–Trinajstić information content (AvgIpc) is 3.26. The zero-order valence-electron chi connectivity index (χ0n) is 26.4. The zero-order valence-corrected chi connectivity index (χ0v) is 24.4. The summed E-state index contributed by atoms with van der Waals surface area (Å²) in [5.74, 6) is 0.474. The van der Waals surface area contributed by atoms with Crippen LogP contribution in [0.15, 0.2) is 71.3 Å². The van der Waals surface area contributed by atoms with Crippen LogP contribution in [0.1, 0.15) is 85.3 Å². The zero-order chi connectivity index (χ0) is 29.1. The molecular formula is C36H42NO+. The highest BCUT2D eigenvalue weighted by Crippen LogP contribution is 2.41. The molecule has 2 heteroatoms. The minimum absolute atomic E-state index is 0.237. The van der Waals surface area contributed by atoms with Crippen molar-refractivity contribution in [3.8, 4) is 22.4 Å². The molecule has 0 N–H and O–H groups in total. The predicted octanol–water partition coefficient (Wildman–Crippen LogP) is 9.89. The highest BCUT2D eigenvalue weighted by molar-refractivity contribution is 6.09. The second-order valence-electron chi connectivity index (χ2n) is 12.4. The average molecular weight is 507 g/mol. The van der Waals surface area contributed by atoms with Gasteiger partial charge >= 0.3 is 0 Å². The maximum Gasteiger partial charge on any atom is 0.216 e. The van der Waals surface area contributed by atoms with Gasteiger partial charge in [0.1, 0.15) is 18.2 Å². The fraction of sp³-hybridized carbons (Fsp3) is 0.361. The van der Waals surface area contributed by atoms with Gasteiger partial charge in [0.15, 0.2) is 6.20 Å². The molecule has 5 rings (SSSR count). The molecule has 0 aliphatic rings. The number of fused-ring (bicyclic) bond motifs is 3. The van der Waals surface area contributed by atoms with Crippen molar-refractivity contribution >= 4 is 21.9 Å². The lowest BCUT2D eigenvalue weighted by molar-refractivity contribution is -0.660. The van der Waals surface area contributed by atoms with Crippen LogP contribution in [-0.2, 0) is 13.4 Å². The molecule has 0 fully saturated rings. The van der Waals surface area contributed by atoms with Gasteiger partial charge in [-0.05, 0) is 70.0 Å². The van der Waals surface area contributed by atoms with Gasteiger partial charge in [0.05, 0.1) is 5.56 Å². The lowest BCUT2D eigenvalue weighted by Gasteiger charge is -2.25. The first-order valence-electron chi connectivity index (χ1n) is 14.8. The number of benzene rings is 3. The molecule has 196 valence electrons. The number of hydrogen-bond acceptors (Lipinski definition) is 1. The molecule has 0 amide bonds. The minimum atomic E-state index is -1.46. The second-order valence-corrected chi connectivity index (χ2v) is 12.4. The molecule has 0 spiro atoms. The van der Waals surface area contributed by atoms with E-state index in [2.05, 4.69) is 101 Å². The predicted molar refractivity (Wildman–Crippen MR) is 162 cm³/mol. The number of para-hydroxylation sites is 1. The number of pyridine rings is 1. The van der Waals surface area contributed by atoms with E-state index in [1.54, 1.807) is 0 Å². The smallest absolute Gasteiger partial charge is 0.216 e. The van der Waals surface area contributed by atoms with Gasteiger partial charge in [0.25, 0.3) is 0 Å². The summed E-state index contributed by atoms with van der Waals surface area (Å²) in [6, 6.07) is 21.3. The first kappa shape index (κ1) is 23.7. The summed E-state index contributed by atoms with van der Waals surface area (Å²) in [7, 11) is 2.09. The van der Waals surface area contributed by atoms with Crippen molar-refractivity contribution in [3.63, 3.8) is 0 Å². The standard InChI is InChI=1S/C36H42NO/c1-22(2)29-18-25(21-36(6,7)8)19-30(23(3)4)34(29)26-16-17-37(9)31(20-26)33-24(5)14-15-28-27-12-10-11-13-32(27)38-35(28)33/h10-20,22-23H,21H2,1-9H3/q+1/i21D2. The second kappa shape index (κ2) is 9.73. The van der Waals surface area contributed by atoms with Crippen molar-refractivity contribution in [3.05, 3.63) is 89.1 Å². The van der Waals surface area contributed by atoms with E-state index in [0.29, 0.717) is 0 Å². The van der Waals surface area contributed by atoms with E-state index >= 15 is 0 Å². The Bertz CT molecular complexity index is 1700. The number of rotatable bonds is 5. The molecule has 3 aromatic carbocycles. The van der Waals surface area contributed by atoms with Crippen LogP contribution in [-0.4, -0.2) is 0 Å². The topological polar surface area (TPSA) is 17.0 Å². The Kier molecular flexibility index (Phi) is 6.07. The van der Waals surface area contributed by atoms with Gasteiger partial charge in [-0.3, -0.25) is 0 Å². The summed E-state index contributed by atoms with van der Waals surface area (Å²) < 4.78 is 26.7. The Balaban J connectivity index is 1.80. The van der Waals surface area contributed by atoms with Crippen LogP contribution in [0.5, 0.6) is 0 Å². The molecule has 0 unspecified atom stereocenters. The van der Waals surface area contributed by atoms with Crippen LogP contribution >= 0.6 is 0 Å². The molecule has 0 aliphatic carbocycles. The molecule has 0 saturated carbocycles. The minimum Gasteiger partial charge on any atom is -0.455 e. The Labute approximate surface area is 231 Å². The fourth-order valence-corrected chi connectivity index (χ4v) is 5.62. The molecular weight excluding hydrogens is 462 g/mol. The molecule has 0 radical (unpaired) electrons. The highest BCUT2D eigenvalue weighted by Gasteiger charge is 2.24. The number of hydrogen-bond donors (Lipinski definition) is 0. The van der Waals surface area contributed by atoms with E-state index in [9.17, 15) is 0 Å². The molecule has 38 heavy (non-hydrogen) atoms. The number of aromatic nitrogens is 1. The summed E-state index contributed by atoms with van der Waals surface area (Å²) >= 11 is 0. The normalized spacial score (nSPS) is 13.6. The maximum absolute atomic E-state index is 9.04. The molecule has 2 aromatic heterocycles. The molecule has 0 bridgehead atoms. The first-order valence-corrected chi connectivity index (χ1v) is 13.8. The van der Waals surface area contributed by atoms with Crippen LogP contribution in [0, 0.1) is 12.3 Å². The Morgan fingerprint density at radius 2 is 1.50 bits per heavy atom. The maximum atomic E-state index is 9.04. The number of aryl methyl sites for hydroxylation is 2. The van der Waals surface area contributed by atoms with Gasteiger partial charge in [0.2, 0.25) is 5.69 Å². The SMILES string of the molecule is [2H]C([2H])(c1cc(C(C)C)c(-c2cc[n+](C)c(-c3c(C)ccc4c3oc3ccccc34)c2)c(C(C)C)c1)C(C)(C)C. The summed E-state index contributed by atoms with van der Waals surface area (Å²) in [5, 5.41) is 2.26. The van der Waals surface area contributed by atoms with Crippen LogP contribution in [0.4, 0.5) is 0 Å². The third-order valence-corrected chi connectivity index (χ3v) is 7.41. The van der Waals surface area contributed by atoms with E-state index in [1.165, 1.54) is 22.3 Å². The summed E-state index contributed by atoms with van der Waals surface area (Å²) in [6.07, 6.45) is 0.684. The molecule has 2 nitrogen and oxygen atoms in total. The third-order valence-electron chi connectivity index (χ3n) is 7.41. The van der Waals surface area contributed by atoms with E-state index in [0.717, 1.165) is 44.3 Å². The van der Waals surface area contributed by atoms with Crippen LogP contribution in [0.2, 0.25) is 0 Å². The lowest BCUT2D eigenvalue weighted by atomic mass is 9.80. The van der Waals surface area contributed by atoms with Crippen molar-refractivity contribution in [2.24, 2.45) is 12.5 Å². The molecule has 0 saturated heterocycles. The molecule has 0 atom stereocenters. The van der Waals surface area contributed by atoms with Crippen molar-refractivity contribution in [2.45, 2.75) is 73.6 Å². The van der Waals surface area contributed by atoms with Crippen molar-refractivity contribution in [1.82, 2.24) is 0 Å². The van der Waals surface area contributed by atoms with E-state index in [1.807, 2.05) is 32.9 Å². The largest absolute Gasteiger partial charge is 0.455 e. The summed E-state index contributed by atoms with van der Waals surface area (Å²) in [4.78, 5) is 0. The Morgan fingerprint density at radius 1 is 0.842 bits per heavy atom. The van der Waals surface area contributed by atoms with Gasteiger partial charge in [-0.15, -0.1) is 0 Å². The first-order chi connectivity index (χ1) is 18.7. The van der Waals surface area contributed by atoms with Gasteiger partial charge in [0, 0.05) is 25.6 Å². The lowest BCUT2D eigenvalue weighted by Crippen LogP contribution is -2.30. The summed E-state index contributed by atoms with van der Waals surface area (Å²) in [6.45, 7) is 16.9. The summed E-state index contributed by atoms with van der Waals surface area (Å²) in [5.41, 5.74) is 10.2. The van der Waals surface area contributed by atoms with Crippen LogP contribution < -0.4 is 4.57 Å². The van der Waals surface area contributed by atoms with Crippen LogP contribution in [0.3, 0.4) is 0 Å². The third kappa shape index (κ3) is 4.77.